The summed E-state index contributed by atoms with van der Waals surface area (Å²) in [4.78, 5) is 0.954. The molecule has 0 aliphatic carbocycles. The van der Waals surface area contributed by atoms with Gasteiger partial charge in [-0.3, -0.25) is 5.41 Å². The van der Waals surface area contributed by atoms with E-state index in [2.05, 4.69) is 0 Å². The molecule has 0 spiro atoms. The molecule has 1 aromatic heterocycles. The molecule has 0 atom stereocenters. The Balaban J connectivity index is 2.80. The molecule has 0 amide bonds. The molecule has 0 saturated carbocycles. The van der Waals surface area contributed by atoms with Crippen LogP contribution in [0.3, 0.4) is 0 Å². The third-order valence-electron chi connectivity index (χ3n) is 1.16. The number of hydrogen-bond acceptors (Lipinski definition) is 3. The molecule has 1 heterocycles. The molecule has 2 nitrogen and oxygen atoms in total. The van der Waals surface area contributed by atoms with Crippen LogP contribution < -0.4 is 5.73 Å². The maximum Gasteiger partial charge on any atom is 0.0728 e. The van der Waals surface area contributed by atoms with Gasteiger partial charge in [-0.25, -0.2) is 0 Å². The van der Waals surface area contributed by atoms with Gasteiger partial charge < -0.3 is 5.73 Å². The van der Waals surface area contributed by atoms with E-state index in [0.717, 1.165) is 4.88 Å². The van der Waals surface area contributed by atoms with Gasteiger partial charge in [0, 0.05) is 5.70 Å². The topological polar surface area (TPSA) is 49.9 Å². The first kappa shape index (κ1) is 8.01. The molecule has 1 rings (SSSR count). The van der Waals surface area contributed by atoms with Gasteiger partial charge in [-0.1, -0.05) is 6.07 Å². The molecule has 1 aromatic rings. The number of nitrogens with two attached hydrogens (primary N) is 1. The van der Waals surface area contributed by atoms with Crippen LogP contribution in [-0.4, -0.2) is 5.71 Å². The highest BCUT2D eigenvalue weighted by atomic mass is 32.1. The molecule has 0 fully saturated rings. The van der Waals surface area contributed by atoms with Crippen LogP contribution in [0.1, 0.15) is 11.8 Å². The van der Waals surface area contributed by atoms with Gasteiger partial charge in [-0.05, 0) is 24.4 Å². The van der Waals surface area contributed by atoms with Crippen LogP contribution in [0.4, 0.5) is 0 Å². The van der Waals surface area contributed by atoms with Crippen molar-refractivity contribution in [1.29, 1.82) is 5.41 Å². The molecule has 0 aromatic carbocycles. The molecule has 3 N–H and O–H groups in total. The minimum absolute atomic E-state index is 0.486. The summed E-state index contributed by atoms with van der Waals surface area (Å²) in [5.41, 5.74) is 6.58. The summed E-state index contributed by atoms with van der Waals surface area (Å²) < 4.78 is 0. The van der Waals surface area contributed by atoms with Crippen molar-refractivity contribution in [3.05, 3.63) is 34.2 Å². The van der Waals surface area contributed by atoms with Gasteiger partial charge in [-0.2, -0.15) is 0 Å². The Morgan fingerprint density at radius 1 is 1.73 bits per heavy atom. The maximum absolute atomic E-state index is 7.53. The molecular weight excluding hydrogens is 156 g/mol. The van der Waals surface area contributed by atoms with E-state index in [1.54, 1.807) is 24.3 Å². The van der Waals surface area contributed by atoms with Gasteiger partial charge in [0.05, 0.1) is 10.6 Å². The smallest absolute Gasteiger partial charge is 0.0728 e. The lowest BCUT2D eigenvalue weighted by molar-refractivity contribution is 1.32. The normalized spacial score (nSPS) is 11.5. The Labute approximate surface area is 69.9 Å². The highest BCUT2D eigenvalue weighted by Crippen LogP contribution is 2.09. The number of hydrogen-bond donors (Lipinski definition) is 2. The second-order valence-electron chi connectivity index (χ2n) is 2.28. The molecule has 0 aliphatic rings. The van der Waals surface area contributed by atoms with Crippen LogP contribution in [-0.2, 0) is 0 Å². The SMILES string of the molecule is C/C(N)=C/C(=N)c1cccs1. The summed E-state index contributed by atoms with van der Waals surface area (Å²) in [7, 11) is 0. The molecule has 0 unspecified atom stereocenters. The van der Waals surface area contributed by atoms with E-state index in [1.807, 2.05) is 17.5 Å². The maximum atomic E-state index is 7.53. The largest absolute Gasteiger partial charge is 0.402 e. The molecular formula is C8H10N2S. The summed E-state index contributed by atoms with van der Waals surface area (Å²) >= 11 is 1.55. The Hall–Kier alpha value is -1.09. The fourth-order valence-electron chi connectivity index (χ4n) is 0.731. The lowest BCUT2D eigenvalue weighted by atomic mass is 10.2. The first-order chi connectivity index (χ1) is 5.20. The van der Waals surface area contributed by atoms with Crippen molar-refractivity contribution in [3.8, 4) is 0 Å². The average Bonchev–Trinajstić information content (AvgIpc) is 2.35. The van der Waals surface area contributed by atoms with Crippen molar-refractivity contribution in [2.75, 3.05) is 0 Å². The van der Waals surface area contributed by atoms with Gasteiger partial charge in [-0.15, -0.1) is 11.3 Å². The van der Waals surface area contributed by atoms with E-state index in [1.165, 1.54) is 0 Å². The van der Waals surface area contributed by atoms with E-state index in [-0.39, 0.29) is 0 Å². The first-order valence-electron chi connectivity index (χ1n) is 3.26. The number of allylic oxidation sites excluding steroid dienone is 2. The summed E-state index contributed by atoms with van der Waals surface area (Å²) in [6, 6.07) is 3.83. The number of nitrogens with one attached hydrogen (secondary N) is 1. The fourth-order valence-corrected chi connectivity index (χ4v) is 1.38. The summed E-state index contributed by atoms with van der Waals surface area (Å²) in [6.07, 6.45) is 1.66. The Bertz CT molecular complexity index is 268. The van der Waals surface area contributed by atoms with Gasteiger partial charge in [0.2, 0.25) is 0 Å². The van der Waals surface area contributed by atoms with Gasteiger partial charge >= 0.3 is 0 Å². The molecule has 0 saturated heterocycles. The fraction of sp³-hybridized carbons (Fsp3) is 0.125. The lowest BCUT2D eigenvalue weighted by Gasteiger charge is -1.92. The van der Waals surface area contributed by atoms with Gasteiger partial charge in [0.1, 0.15) is 0 Å². The van der Waals surface area contributed by atoms with Crippen LogP contribution in [0.2, 0.25) is 0 Å². The minimum Gasteiger partial charge on any atom is -0.402 e. The van der Waals surface area contributed by atoms with Crippen molar-refractivity contribution in [3.63, 3.8) is 0 Å². The third-order valence-corrected chi connectivity index (χ3v) is 2.06. The van der Waals surface area contributed by atoms with Crippen LogP contribution in [0.15, 0.2) is 29.3 Å². The number of rotatable bonds is 2. The zero-order valence-corrected chi connectivity index (χ0v) is 7.11. The van der Waals surface area contributed by atoms with Gasteiger partial charge in [0.25, 0.3) is 0 Å². The summed E-state index contributed by atoms with van der Waals surface area (Å²) in [5, 5.41) is 9.48. The monoisotopic (exact) mass is 166 g/mol. The Kier molecular flexibility index (Phi) is 2.44. The van der Waals surface area contributed by atoms with E-state index in [0.29, 0.717) is 11.4 Å². The molecule has 0 radical (unpaired) electrons. The van der Waals surface area contributed by atoms with E-state index in [9.17, 15) is 0 Å². The summed E-state index contributed by atoms with van der Waals surface area (Å²) in [5.74, 6) is 0. The van der Waals surface area contributed by atoms with Crippen molar-refractivity contribution in [2.45, 2.75) is 6.92 Å². The van der Waals surface area contributed by atoms with E-state index < -0.39 is 0 Å². The van der Waals surface area contributed by atoms with Crippen LogP contribution in [0.5, 0.6) is 0 Å². The average molecular weight is 166 g/mol. The second-order valence-corrected chi connectivity index (χ2v) is 3.23. The Morgan fingerprint density at radius 2 is 2.45 bits per heavy atom. The predicted molar refractivity (Wildman–Crippen MR) is 49.1 cm³/mol. The Morgan fingerprint density at radius 3 is 2.91 bits per heavy atom. The summed E-state index contributed by atoms with van der Waals surface area (Å²) in [6.45, 7) is 1.78. The highest BCUT2D eigenvalue weighted by Gasteiger charge is 1.96. The van der Waals surface area contributed by atoms with Crippen LogP contribution >= 0.6 is 11.3 Å². The van der Waals surface area contributed by atoms with E-state index in [4.69, 9.17) is 11.1 Å². The molecule has 0 bridgehead atoms. The lowest BCUT2D eigenvalue weighted by Crippen LogP contribution is -1.97. The molecule has 0 aliphatic heterocycles. The molecule has 3 heteroatoms. The van der Waals surface area contributed by atoms with Crippen molar-refractivity contribution in [1.82, 2.24) is 0 Å². The van der Waals surface area contributed by atoms with Crippen molar-refractivity contribution in [2.24, 2.45) is 5.73 Å². The zero-order chi connectivity index (χ0) is 8.27. The molecule has 11 heavy (non-hydrogen) atoms. The first-order valence-corrected chi connectivity index (χ1v) is 4.14. The highest BCUT2D eigenvalue weighted by molar-refractivity contribution is 7.12. The van der Waals surface area contributed by atoms with Crippen molar-refractivity contribution < 1.29 is 0 Å². The van der Waals surface area contributed by atoms with Gasteiger partial charge in [0.15, 0.2) is 0 Å². The predicted octanol–water partition coefficient (Wildman–Crippen LogP) is 1.98. The number of thiophene rings is 1. The van der Waals surface area contributed by atoms with Crippen LogP contribution in [0, 0.1) is 5.41 Å². The molecule has 58 valence electrons. The zero-order valence-electron chi connectivity index (χ0n) is 6.29. The second kappa shape index (κ2) is 3.34. The quantitative estimate of drug-likeness (QED) is 0.648. The van der Waals surface area contributed by atoms with E-state index >= 15 is 0 Å². The van der Waals surface area contributed by atoms with Crippen molar-refractivity contribution >= 4 is 17.0 Å². The third kappa shape index (κ3) is 2.20. The minimum atomic E-state index is 0.486. The standard InChI is InChI=1S/C8H10N2S/c1-6(9)5-7(10)8-3-2-4-11-8/h2-5,10H,9H2,1H3/b6-5-,10-7?. The van der Waals surface area contributed by atoms with Crippen LogP contribution in [0.25, 0.3) is 0 Å².